The van der Waals surface area contributed by atoms with Crippen LogP contribution in [0.15, 0.2) is 53.5 Å². The first-order valence-electron chi connectivity index (χ1n) is 10.4. The monoisotopic (exact) mass is 414 g/mol. The number of hydrogen-bond acceptors (Lipinski definition) is 4. The van der Waals surface area contributed by atoms with E-state index in [0.29, 0.717) is 26.3 Å². The minimum absolute atomic E-state index is 0.0327. The summed E-state index contributed by atoms with van der Waals surface area (Å²) in [4.78, 5) is 7.04. The van der Waals surface area contributed by atoms with Gasteiger partial charge in [-0.25, -0.2) is 9.38 Å². The summed E-state index contributed by atoms with van der Waals surface area (Å²) in [5.41, 5.74) is 2.02. The molecule has 1 aliphatic rings. The fraction of sp³-hybridized carbons (Fsp3) is 0.435. The molecule has 162 valence electrons. The number of aliphatic imine (C=N–C) groups is 1. The predicted octanol–water partition coefficient (Wildman–Crippen LogP) is 2.96. The molecule has 7 heteroatoms. The number of nitrogens with one attached hydrogen (secondary N) is 2. The van der Waals surface area contributed by atoms with Crippen LogP contribution in [0.4, 0.5) is 4.39 Å². The van der Waals surface area contributed by atoms with Gasteiger partial charge in [-0.05, 0) is 42.3 Å². The number of morpholine rings is 1. The molecule has 30 heavy (non-hydrogen) atoms. The average molecular weight is 415 g/mol. The Morgan fingerprint density at radius 2 is 1.97 bits per heavy atom. The Balaban J connectivity index is 1.71. The molecule has 1 aliphatic heterocycles. The van der Waals surface area contributed by atoms with E-state index in [4.69, 9.17) is 14.5 Å². The van der Waals surface area contributed by atoms with Crippen molar-refractivity contribution in [1.29, 1.82) is 0 Å². The van der Waals surface area contributed by atoms with Crippen molar-refractivity contribution in [3.63, 3.8) is 0 Å². The minimum Gasteiger partial charge on any atom is -0.497 e. The van der Waals surface area contributed by atoms with Crippen molar-refractivity contribution >= 4 is 5.96 Å². The first-order valence-corrected chi connectivity index (χ1v) is 10.4. The third-order valence-electron chi connectivity index (χ3n) is 5.08. The standard InChI is InChI=1S/C23H31FN4O2/c1-3-25-23(26-16-18-6-4-9-21(14-18)29-2)27-17-22(28-10-12-30-13-11-28)19-7-5-8-20(24)15-19/h4-9,14-15,22H,3,10-13,16-17H2,1-2H3,(H2,25,26,27). The number of halogens is 1. The zero-order valence-corrected chi connectivity index (χ0v) is 17.7. The Labute approximate surface area is 178 Å². The molecule has 0 spiro atoms. The second-order valence-corrected chi connectivity index (χ2v) is 7.15. The molecule has 2 aromatic carbocycles. The number of guanidine groups is 1. The van der Waals surface area contributed by atoms with Crippen molar-refractivity contribution in [2.24, 2.45) is 4.99 Å². The normalized spacial score (nSPS) is 16.2. The van der Waals surface area contributed by atoms with Crippen molar-refractivity contribution in [3.8, 4) is 5.75 Å². The maximum absolute atomic E-state index is 13.9. The molecular formula is C23H31FN4O2. The van der Waals surface area contributed by atoms with E-state index in [0.717, 1.165) is 42.5 Å². The molecule has 3 rings (SSSR count). The molecule has 0 saturated carbocycles. The van der Waals surface area contributed by atoms with E-state index in [-0.39, 0.29) is 11.9 Å². The van der Waals surface area contributed by atoms with Crippen molar-refractivity contribution < 1.29 is 13.9 Å². The molecule has 1 saturated heterocycles. The van der Waals surface area contributed by atoms with Gasteiger partial charge in [0.2, 0.25) is 0 Å². The Kier molecular flexibility index (Phi) is 8.47. The molecule has 1 heterocycles. The summed E-state index contributed by atoms with van der Waals surface area (Å²) in [5.74, 6) is 1.33. The van der Waals surface area contributed by atoms with E-state index in [1.165, 1.54) is 6.07 Å². The van der Waals surface area contributed by atoms with Gasteiger partial charge >= 0.3 is 0 Å². The summed E-state index contributed by atoms with van der Waals surface area (Å²) < 4.78 is 24.7. The highest BCUT2D eigenvalue weighted by molar-refractivity contribution is 5.79. The van der Waals surface area contributed by atoms with Gasteiger partial charge in [-0.3, -0.25) is 4.90 Å². The second-order valence-electron chi connectivity index (χ2n) is 7.15. The van der Waals surface area contributed by atoms with Crippen LogP contribution < -0.4 is 15.4 Å². The zero-order valence-electron chi connectivity index (χ0n) is 17.7. The van der Waals surface area contributed by atoms with Crippen LogP contribution in [0.5, 0.6) is 5.75 Å². The van der Waals surface area contributed by atoms with Gasteiger partial charge in [0.25, 0.3) is 0 Å². The summed E-state index contributed by atoms with van der Waals surface area (Å²) >= 11 is 0. The highest BCUT2D eigenvalue weighted by Gasteiger charge is 2.23. The van der Waals surface area contributed by atoms with Crippen LogP contribution in [0.2, 0.25) is 0 Å². The van der Waals surface area contributed by atoms with Crippen LogP contribution in [-0.2, 0) is 11.3 Å². The van der Waals surface area contributed by atoms with Crippen LogP contribution in [0.3, 0.4) is 0 Å². The van der Waals surface area contributed by atoms with Gasteiger partial charge in [-0.2, -0.15) is 0 Å². The topological polar surface area (TPSA) is 58.1 Å². The lowest BCUT2D eigenvalue weighted by atomic mass is 10.0. The molecule has 2 N–H and O–H groups in total. The number of nitrogens with zero attached hydrogens (tertiary/aromatic N) is 2. The molecule has 0 radical (unpaired) electrons. The fourth-order valence-electron chi connectivity index (χ4n) is 3.54. The van der Waals surface area contributed by atoms with Crippen molar-refractivity contribution in [2.45, 2.75) is 19.5 Å². The molecule has 1 fully saturated rings. The van der Waals surface area contributed by atoms with Gasteiger partial charge in [0.15, 0.2) is 5.96 Å². The number of rotatable bonds is 8. The highest BCUT2D eigenvalue weighted by atomic mass is 19.1. The highest BCUT2D eigenvalue weighted by Crippen LogP contribution is 2.22. The van der Waals surface area contributed by atoms with Crippen LogP contribution in [-0.4, -0.2) is 57.4 Å². The molecule has 0 amide bonds. The number of benzene rings is 2. The Morgan fingerprint density at radius 1 is 1.17 bits per heavy atom. The minimum atomic E-state index is -0.218. The lowest BCUT2D eigenvalue weighted by Crippen LogP contribution is -2.46. The SMILES string of the molecule is CCNC(=NCc1cccc(OC)c1)NCC(c1cccc(F)c1)N1CCOCC1. The summed E-state index contributed by atoms with van der Waals surface area (Å²) in [6.45, 7) is 6.97. The molecule has 0 aromatic heterocycles. The van der Waals surface area contributed by atoms with E-state index in [1.54, 1.807) is 19.2 Å². The maximum Gasteiger partial charge on any atom is 0.191 e. The van der Waals surface area contributed by atoms with Crippen LogP contribution >= 0.6 is 0 Å². The first kappa shape index (κ1) is 22.1. The second kappa shape index (κ2) is 11.5. The van der Waals surface area contributed by atoms with E-state index in [2.05, 4.69) is 15.5 Å². The Morgan fingerprint density at radius 3 is 2.70 bits per heavy atom. The predicted molar refractivity (Wildman–Crippen MR) is 117 cm³/mol. The molecule has 6 nitrogen and oxygen atoms in total. The van der Waals surface area contributed by atoms with Gasteiger partial charge < -0.3 is 20.1 Å². The molecule has 0 bridgehead atoms. The van der Waals surface area contributed by atoms with Gasteiger partial charge in [0.05, 0.1) is 32.9 Å². The molecule has 0 aliphatic carbocycles. The van der Waals surface area contributed by atoms with Crippen LogP contribution in [0.1, 0.15) is 24.1 Å². The van der Waals surface area contributed by atoms with E-state index < -0.39 is 0 Å². The largest absolute Gasteiger partial charge is 0.497 e. The third kappa shape index (κ3) is 6.43. The van der Waals surface area contributed by atoms with E-state index in [1.807, 2.05) is 37.3 Å². The van der Waals surface area contributed by atoms with Crippen LogP contribution in [0, 0.1) is 5.82 Å². The first-order chi connectivity index (χ1) is 14.7. The van der Waals surface area contributed by atoms with E-state index in [9.17, 15) is 4.39 Å². The molecule has 2 aromatic rings. The number of hydrogen-bond donors (Lipinski definition) is 2. The van der Waals surface area contributed by atoms with Gasteiger partial charge in [0, 0.05) is 26.2 Å². The van der Waals surface area contributed by atoms with Gasteiger partial charge in [0.1, 0.15) is 11.6 Å². The summed E-state index contributed by atoms with van der Waals surface area (Å²) in [5, 5.41) is 6.73. The quantitative estimate of drug-likeness (QED) is 0.514. The molecule has 1 atom stereocenters. The molecule has 1 unspecified atom stereocenters. The maximum atomic E-state index is 13.9. The van der Waals surface area contributed by atoms with Crippen molar-refractivity contribution in [3.05, 3.63) is 65.5 Å². The Bertz CT molecular complexity index is 824. The van der Waals surface area contributed by atoms with Crippen LogP contribution in [0.25, 0.3) is 0 Å². The summed E-state index contributed by atoms with van der Waals surface area (Å²) in [7, 11) is 1.66. The lowest BCUT2D eigenvalue weighted by Gasteiger charge is -2.35. The van der Waals surface area contributed by atoms with Crippen molar-refractivity contribution in [1.82, 2.24) is 15.5 Å². The summed E-state index contributed by atoms with van der Waals surface area (Å²) in [6, 6.07) is 14.8. The number of methoxy groups -OCH3 is 1. The lowest BCUT2D eigenvalue weighted by molar-refractivity contribution is 0.0169. The molecular weight excluding hydrogens is 383 g/mol. The van der Waals surface area contributed by atoms with Crippen molar-refractivity contribution in [2.75, 3.05) is 46.5 Å². The van der Waals surface area contributed by atoms with E-state index >= 15 is 0 Å². The smallest absolute Gasteiger partial charge is 0.191 e. The fourth-order valence-corrected chi connectivity index (χ4v) is 3.54. The average Bonchev–Trinajstić information content (AvgIpc) is 2.78. The summed E-state index contributed by atoms with van der Waals surface area (Å²) in [6.07, 6.45) is 0. The Hall–Kier alpha value is -2.64. The van der Waals surface area contributed by atoms with Gasteiger partial charge in [-0.15, -0.1) is 0 Å². The third-order valence-corrected chi connectivity index (χ3v) is 5.08. The zero-order chi connectivity index (χ0) is 21.2. The number of ether oxygens (including phenoxy) is 2. The van der Waals surface area contributed by atoms with Gasteiger partial charge in [-0.1, -0.05) is 24.3 Å².